The summed E-state index contributed by atoms with van der Waals surface area (Å²) in [5.74, 6) is -0.573. The Kier molecular flexibility index (Phi) is 5.87. The summed E-state index contributed by atoms with van der Waals surface area (Å²) in [4.78, 5) is 34.9. The van der Waals surface area contributed by atoms with Gasteiger partial charge in [-0.15, -0.1) is 0 Å². The van der Waals surface area contributed by atoms with Crippen molar-refractivity contribution in [1.29, 1.82) is 0 Å². The third-order valence-corrected chi connectivity index (χ3v) is 3.76. The van der Waals surface area contributed by atoms with Gasteiger partial charge < -0.3 is 16.0 Å². The Bertz CT molecular complexity index is 681. The van der Waals surface area contributed by atoms with Crippen molar-refractivity contribution < 1.29 is 14.4 Å². The van der Waals surface area contributed by atoms with Crippen LogP contribution in [0.3, 0.4) is 0 Å². The zero-order valence-electron chi connectivity index (χ0n) is 12.6. The third-order valence-electron chi connectivity index (χ3n) is 3.08. The Morgan fingerprint density at radius 3 is 2.35 bits per heavy atom. The number of thiophene rings is 1. The van der Waals surface area contributed by atoms with Gasteiger partial charge in [0, 0.05) is 42.2 Å². The Hall–Kier alpha value is -2.67. The molecule has 0 aliphatic heterocycles. The molecule has 0 unspecified atom stereocenters. The van der Waals surface area contributed by atoms with Crippen LogP contribution in [0.25, 0.3) is 0 Å². The molecule has 0 radical (unpaired) electrons. The number of anilines is 1. The van der Waals surface area contributed by atoms with Gasteiger partial charge in [-0.1, -0.05) is 0 Å². The summed E-state index contributed by atoms with van der Waals surface area (Å²) in [5, 5.41) is 11.5. The van der Waals surface area contributed by atoms with E-state index in [1.165, 1.54) is 11.3 Å². The van der Waals surface area contributed by atoms with Gasteiger partial charge >= 0.3 is 0 Å². The second kappa shape index (κ2) is 8.09. The first-order chi connectivity index (χ1) is 11.1. The van der Waals surface area contributed by atoms with E-state index in [9.17, 15) is 14.4 Å². The normalized spacial score (nSPS) is 9.96. The Morgan fingerprint density at radius 2 is 1.74 bits per heavy atom. The van der Waals surface area contributed by atoms with Crippen LogP contribution in [0.1, 0.15) is 27.1 Å². The van der Waals surface area contributed by atoms with E-state index in [-0.39, 0.29) is 30.7 Å². The quantitative estimate of drug-likeness (QED) is 0.755. The minimum atomic E-state index is -0.205. The lowest BCUT2D eigenvalue weighted by molar-refractivity contribution is -0.116. The molecule has 0 bridgehead atoms. The maximum absolute atomic E-state index is 11.8. The molecule has 7 heteroatoms. The van der Waals surface area contributed by atoms with Crippen LogP contribution in [0.4, 0.5) is 5.69 Å². The van der Waals surface area contributed by atoms with Crippen molar-refractivity contribution in [3.05, 3.63) is 52.2 Å². The first-order valence-electron chi connectivity index (χ1n) is 7.02. The number of hydrogen-bond acceptors (Lipinski definition) is 4. The molecule has 2 rings (SSSR count). The van der Waals surface area contributed by atoms with E-state index in [2.05, 4.69) is 16.0 Å². The molecule has 1 heterocycles. The fraction of sp³-hybridized carbons (Fsp3) is 0.188. The fourth-order valence-corrected chi connectivity index (χ4v) is 2.49. The van der Waals surface area contributed by atoms with E-state index in [4.69, 9.17) is 0 Å². The van der Waals surface area contributed by atoms with E-state index in [0.717, 1.165) is 0 Å². The molecule has 3 N–H and O–H groups in total. The summed E-state index contributed by atoms with van der Waals surface area (Å²) in [6, 6.07) is 8.31. The summed E-state index contributed by atoms with van der Waals surface area (Å²) in [5.41, 5.74) is 1.72. The molecular formula is C16H17N3O3S. The van der Waals surface area contributed by atoms with Gasteiger partial charge in [0.25, 0.3) is 11.8 Å². The second-order valence-electron chi connectivity index (χ2n) is 4.72. The monoisotopic (exact) mass is 331 g/mol. The molecule has 120 valence electrons. The summed E-state index contributed by atoms with van der Waals surface area (Å²) in [7, 11) is 1.56. The fourth-order valence-electron chi connectivity index (χ4n) is 1.86. The Balaban J connectivity index is 1.76. The highest BCUT2D eigenvalue weighted by atomic mass is 32.1. The van der Waals surface area contributed by atoms with Crippen molar-refractivity contribution in [2.24, 2.45) is 0 Å². The summed E-state index contributed by atoms with van der Waals surface area (Å²) in [6.07, 6.45) is 0.174. The van der Waals surface area contributed by atoms with Gasteiger partial charge in [-0.05, 0) is 35.7 Å². The Morgan fingerprint density at radius 1 is 1.00 bits per heavy atom. The molecule has 23 heavy (non-hydrogen) atoms. The van der Waals surface area contributed by atoms with Crippen molar-refractivity contribution in [3.8, 4) is 0 Å². The van der Waals surface area contributed by atoms with E-state index in [1.807, 2.05) is 5.38 Å². The van der Waals surface area contributed by atoms with Crippen LogP contribution in [0, 0.1) is 0 Å². The maximum atomic E-state index is 11.8. The third kappa shape index (κ3) is 4.93. The molecule has 1 aromatic heterocycles. The average Bonchev–Trinajstić information content (AvgIpc) is 3.09. The highest BCUT2D eigenvalue weighted by Crippen LogP contribution is 2.10. The molecule has 0 atom stereocenters. The van der Waals surface area contributed by atoms with Gasteiger partial charge in [-0.25, -0.2) is 0 Å². The lowest BCUT2D eigenvalue weighted by Gasteiger charge is -2.07. The van der Waals surface area contributed by atoms with E-state index in [1.54, 1.807) is 42.8 Å². The largest absolute Gasteiger partial charge is 0.355 e. The van der Waals surface area contributed by atoms with Crippen LogP contribution >= 0.6 is 11.3 Å². The molecule has 3 amide bonds. The average molecular weight is 331 g/mol. The summed E-state index contributed by atoms with van der Waals surface area (Å²) < 4.78 is 0. The lowest BCUT2D eigenvalue weighted by atomic mass is 10.2. The van der Waals surface area contributed by atoms with Crippen LogP contribution < -0.4 is 16.0 Å². The highest BCUT2D eigenvalue weighted by molar-refractivity contribution is 7.08. The molecule has 0 saturated carbocycles. The first kappa shape index (κ1) is 16.7. The zero-order chi connectivity index (χ0) is 16.7. The number of benzene rings is 1. The predicted molar refractivity (Wildman–Crippen MR) is 89.7 cm³/mol. The Labute approximate surface area is 137 Å². The smallest absolute Gasteiger partial charge is 0.252 e. The maximum Gasteiger partial charge on any atom is 0.252 e. The summed E-state index contributed by atoms with van der Waals surface area (Å²) >= 11 is 1.45. The minimum absolute atomic E-state index is 0.174. The predicted octanol–water partition coefficient (Wildman–Crippen LogP) is 1.87. The van der Waals surface area contributed by atoms with Crippen LogP contribution in [0.5, 0.6) is 0 Å². The standard InChI is InChI=1S/C16H17N3O3S/c1-17-15(21)11-2-4-13(5-3-11)19-14(20)6-8-18-16(22)12-7-9-23-10-12/h2-5,7,9-10H,6,8H2,1H3,(H,17,21)(H,18,22)(H,19,20). The molecule has 2 aromatic rings. The SMILES string of the molecule is CNC(=O)c1ccc(NC(=O)CCNC(=O)c2ccsc2)cc1. The number of carbonyl (C=O) groups excluding carboxylic acids is 3. The molecule has 0 spiro atoms. The molecule has 0 aliphatic carbocycles. The van der Waals surface area contributed by atoms with Crippen LogP contribution in [-0.4, -0.2) is 31.3 Å². The van der Waals surface area contributed by atoms with E-state index >= 15 is 0 Å². The van der Waals surface area contributed by atoms with Crippen molar-refractivity contribution in [2.45, 2.75) is 6.42 Å². The van der Waals surface area contributed by atoms with Crippen molar-refractivity contribution in [3.63, 3.8) is 0 Å². The van der Waals surface area contributed by atoms with Gasteiger partial charge in [0.2, 0.25) is 5.91 Å². The molecule has 6 nitrogen and oxygen atoms in total. The van der Waals surface area contributed by atoms with Gasteiger partial charge in [0.15, 0.2) is 0 Å². The number of amides is 3. The molecule has 0 aliphatic rings. The number of rotatable bonds is 6. The molecule has 0 fully saturated rings. The topological polar surface area (TPSA) is 87.3 Å². The van der Waals surface area contributed by atoms with Gasteiger partial charge in [-0.3, -0.25) is 14.4 Å². The minimum Gasteiger partial charge on any atom is -0.355 e. The summed E-state index contributed by atoms with van der Waals surface area (Å²) in [6.45, 7) is 0.261. The number of hydrogen-bond donors (Lipinski definition) is 3. The molecule has 0 saturated heterocycles. The zero-order valence-corrected chi connectivity index (χ0v) is 13.4. The van der Waals surface area contributed by atoms with Crippen LogP contribution in [0.15, 0.2) is 41.1 Å². The molecule has 1 aromatic carbocycles. The van der Waals surface area contributed by atoms with Crippen molar-refractivity contribution in [2.75, 3.05) is 18.9 Å². The van der Waals surface area contributed by atoms with Crippen molar-refractivity contribution >= 4 is 34.7 Å². The number of carbonyl (C=O) groups is 3. The van der Waals surface area contributed by atoms with E-state index in [0.29, 0.717) is 16.8 Å². The number of nitrogens with one attached hydrogen (secondary N) is 3. The van der Waals surface area contributed by atoms with Gasteiger partial charge in [-0.2, -0.15) is 11.3 Å². The van der Waals surface area contributed by atoms with Crippen LogP contribution in [0.2, 0.25) is 0 Å². The molecular weight excluding hydrogens is 314 g/mol. The van der Waals surface area contributed by atoms with Crippen LogP contribution in [-0.2, 0) is 4.79 Å². The van der Waals surface area contributed by atoms with Gasteiger partial charge in [0.05, 0.1) is 0 Å². The highest BCUT2D eigenvalue weighted by Gasteiger charge is 2.08. The lowest BCUT2D eigenvalue weighted by Crippen LogP contribution is -2.27. The first-order valence-corrected chi connectivity index (χ1v) is 7.97. The second-order valence-corrected chi connectivity index (χ2v) is 5.50. The van der Waals surface area contributed by atoms with E-state index < -0.39 is 0 Å². The van der Waals surface area contributed by atoms with Crippen molar-refractivity contribution in [1.82, 2.24) is 10.6 Å². The van der Waals surface area contributed by atoms with Gasteiger partial charge in [0.1, 0.15) is 0 Å².